The normalized spacial score (nSPS) is 13.1. The van der Waals surface area contributed by atoms with Crippen molar-refractivity contribution in [3.63, 3.8) is 0 Å². The second-order valence-corrected chi connectivity index (χ2v) is 12.0. The van der Waals surface area contributed by atoms with Gasteiger partial charge in [0.05, 0.1) is 33.7 Å². The molecule has 9 rings (SSSR count). The summed E-state index contributed by atoms with van der Waals surface area (Å²) in [5.74, 6) is 0. The van der Waals surface area contributed by atoms with Gasteiger partial charge in [-0.3, -0.25) is 0 Å². The van der Waals surface area contributed by atoms with Crippen molar-refractivity contribution in [3.05, 3.63) is 157 Å². The van der Waals surface area contributed by atoms with Gasteiger partial charge < -0.3 is 9.13 Å². The minimum absolute atomic E-state index is 0.664. The van der Waals surface area contributed by atoms with Crippen molar-refractivity contribution in [1.82, 2.24) is 9.13 Å². The fraction of sp³-hybridized carbons (Fsp3) is 0.0465. The summed E-state index contributed by atoms with van der Waals surface area (Å²) in [6.07, 6.45) is 9.05. The van der Waals surface area contributed by atoms with Gasteiger partial charge in [-0.2, -0.15) is 5.26 Å². The van der Waals surface area contributed by atoms with Crippen LogP contribution in [0, 0.1) is 11.3 Å². The minimum atomic E-state index is 0.664. The summed E-state index contributed by atoms with van der Waals surface area (Å²) in [4.78, 5) is 0. The highest BCUT2D eigenvalue weighted by Gasteiger charge is 2.18. The van der Waals surface area contributed by atoms with E-state index in [0.717, 1.165) is 35.2 Å². The smallest absolute Gasteiger partial charge is 0.0991 e. The quantitative estimate of drug-likeness (QED) is 0.202. The van der Waals surface area contributed by atoms with Crippen molar-refractivity contribution in [2.24, 2.45) is 0 Å². The van der Waals surface area contributed by atoms with E-state index in [1.165, 1.54) is 54.9 Å². The number of rotatable bonds is 4. The molecule has 1 aliphatic carbocycles. The zero-order valence-electron chi connectivity index (χ0n) is 25.2. The number of benzene rings is 6. The highest BCUT2D eigenvalue weighted by molar-refractivity contribution is 6.17. The van der Waals surface area contributed by atoms with Crippen molar-refractivity contribution in [3.8, 4) is 34.0 Å². The van der Waals surface area contributed by atoms with Crippen molar-refractivity contribution in [2.75, 3.05) is 0 Å². The van der Waals surface area contributed by atoms with Crippen LogP contribution in [0.4, 0.5) is 0 Å². The van der Waals surface area contributed by atoms with E-state index in [1.807, 2.05) is 12.1 Å². The fourth-order valence-corrected chi connectivity index (χ4v) is 7.27. The molecule has 0 N–H and O–H groups in total. The molecule has 0 saturated carbocycles. The van der Waals surface area contributed by atoms with E-state index < -0.39 is 0 Å². The van der Waals surface area contributed by atoms with E-state index in [-0.39, 0.29) is 0 Å². The summed E-state index contributed by atoms with van der Waals surface area (Å²) in [6.45, 7) is 0. The van der Waals surface area contributed by atoms with Crippen LogP contribution in [0.3, 0.4) is 0 Å². The Bertz CT molecular complexity index is 2570. The number of para-hydroxylation sites is 2. The van der Waals surface area contributed by atoms with Crippen molar-refractivity contribution in [2.45, 2.75) is 12.8 Å². The van der Waals surface area contributed by atoms with Gasteiger partial charge in [0.1, 0.15) is 0 Å². The maximum atomic E-state index is 9.41. The number of nitriles is 1. The van der Waals surface area contributed by atoms with Gasteiger partial charge in [0, 0.05) is 32.9 Å². The Kier molecular flexibility index (Phi) is 6.01. The zero-order chi connectivity index (χ0) is 30.6. The standard InChI is InChI=1S/C43H29N3/c44-28-29-18-20-30(21-19-29)35-15-9-17-42-43(35)38-27-32(23-25-41(38)46(42)34-12-5-2-6-13-34)31-22-24-40-37(26-31)36-14-7-8-16-39(36)45(40)33-10-3-1-4-11-33/h2-3,5-27H,1,4H2. The van der Waals surface area contributed by atoms with E-state index in [4.69, 9.17) is 0 Å². The highest BCUT2D eigenvalue weighted by atomic mass is 15.0. The molecule has 216 valence electrons. The number of hydrogen-bond acceptors (Lipinski definition) is 1. The van der Waals surface area contributed by atoms with Gasteiger partial charge in [-0.1, -0.05) is 84.9 Å². The topological polar surface area (TPSA) is 33.6 Å². The molecule has 0 amide bonds. The van der Waals surface area contributed by atoms with Crippen LogP contribution < -0.4 is 0 Å². The largest absolute Gasteiger partial charge is 0.310 e. The Morgan fingerprint density at radius 2 is 1.20 bits per heavy atom. The van der Waals surface area contributed by atoms with Gasteiger partial charge in [-0.05, 0) is 102 Å². The van der Waals surface area contributed by atoms with Crippen LogP contribution in [0.2, 0.25) is 0 Å². The molecule has 46 heavy (non-hydrogen) atoms. The summed E-state index contributed by atoms with van der Waals surface area (Å²) < 4.78 is 4.77. The summed E-state index contributed by atoms with van der Waals surface area (Å²) >= 11 is 0. The predicted molar refractivity (Wildman–Crippen MR) is 192 cm³/mol. The monoisotopic (exact) mass is 587 g/mol. The molecule has 2 heterocycles. The molecule has 8 aromatic rings. The molecule has 0 atom stereocenters. The first-order valence-corrected chi connectivity index (χ1v) is 15.8. The van der Waals surface area contributed by atoms with Gasteiger partial charge in [0.15, 0.2) is 0 Å². The molecular weight excluding hydrogens is 558 g/mol. The Morgan fingerprint density at radius 3 is 1.96 bits per heavy atom. The lowest BCUT2D eigenvalue weighted by Crippen LogP contribution is -1.96. The average Bonchev–Trinajstić information content (AvgIpc) is 3.64. The third-order valence-corrected chi connectivity index (χ3v) is 9.37. The predicted octanol–water partition coefficient (Wildman–Crippen LogP) is 11.3. The van der Waals surface area contributed by atoms with Gasteiger partial charge in [-0.15, -0.1) is 0 Å². The molecule has 0 radical (unpaired) electrons. The molecule has 0 aliphatic heterocycles. The van der Waals surface area contributed by atoms with Crippen LogP contribution in [0.25, 0.3) is 77.2 Å². The summed E-state index contributed by atoms with van der Waals surface area (Å²) in [7, 11) is 0. The lowest BCUT2D eigenvalue weighted by atomic mass is 9.96. The molecular formula is C43H29N3. The zero-order valence-corrected chi connectivity index (χ0v) is 25.2. The Morgan fingerprint density at radius 1 is 0.522 bits per heavy atom. The SMILES string of the molecule is N#Cc1ccc(-c2cccc3c2c2cc(-c4ccc5c(c4)c4ccccc4n5C4=CCCC=C4)ccc2n3-c2ccccc2)cc1. The van der Waals surface area contributed by atoms with Crippen molar-refractivity contribution in [1.29, 1.82) is 5.26 Å². The van der Waals surface area contributed by atoms with Gasteiger partial charge >= 0.3 is 0 Å². The molecule has 6 aromatic carbocycles. The number of nitrogens with zero attached hydrogens (tertiary/aromatic N) is 3. The second-order valence-electron chi connectivity index (χ2n) is 12.0. The number of fused-ring (bicyclic) bond motifs is 6. The number of aromatic nitrogens is 2. The van der Waals surface area contributed by atoms with E-state index in [1.54, 1.807) is 0 Å². The highest BCUT2D eigenvalue weighted by Crippen LogP contribution is 2.41. The van der Waals surface area contributed by atoms with Gasteiger partial charge in [0.2, 0.25) is 0 Å². The van der Waals surface area contributed by atoms with E-state index in [9.17, 15) is 5.26 Å². The number of hydrogen-bond donors (Lipinski definition) is 0. The molecule has 0 saturated heterocycles. The summed E-state index contributed by atoms with van der Waals surface area (Å²) in [5, 5.41) is 14.4. The molecule has 0 fully saturated rings. The third-order valence-electron chi connectivity index (χ3n) is 9.37. The molecule has 2 aromatic heterocycles. The van der Waals surface area contributed by atoms with Gasteiger partial charge in [-0.25, -0.2) is 0 Å². The first-order valence-electron chi connectivity index (χ1n) is 15.8. The van der Waals surface area contributed by atoms with E-state index in [2.05, 4.69) is 155 Å². The molecule has 0 unspecified atom stereocenters. The first kappa shape index (κ1) is 26.3. The van der Waals surface area contributed by atoms with Crippen LogP contribution in [0.15, 0.2) is 152 Å². The van der Waals surface area contributed by atoms with Crippen LogP contribution in [0.1, 0.15) is 18.4 Å². The van der Waals surface area contributed by atoms with E-state index >= 15 is 0 Å². The lowest BCUT2D eigenvalue weighted by molar-refractivity contribution is 1.02. The third kappa shape index (κ3) is 4.05. The minimum Gasteiger partial charge on any atom is -0.310 e. The maximum absolute atomic E-state index is 9.41. The molecule has 1 aliphatic rings. The summed E-state index contributed by atoms with van der Waals surface area (Å²) in [5.41, 5.74) is 12.5. The molecule has 3 nitrogen and oxygen atoms in total. The average molecular weight is 588 g/mol. The Labute approximate surface area is 267 Å². The van der Waals surface area contributed by atoms with Crippen LogP contribution >= 0.6 is 0 Å². The molecule has 0 spiro atoms. The Balaban J connectivity index is 1.29. The molecule has 3 heteroatoms. The molecule has 0 bridgehead atoms. The lowest BCUT2D eigenvalue weighted by Gasteiger charge is -2.12. The summed E-state index contributed by atoms with van der Waals surface area (Å²) in [6, 6.07) is 49.9. The maximum Gasteiger partial charge on any atom is 0.0991 e. The van der Waals surface area contributed by atoms with Crippen LogP contribution in [-0.4, -0.2) is 9.13 Å². The van der Waals surface area contributed by atoms with Crippen LogP contribution in [-0.2, 0) is 0 Å². The number of allylic oxidation sites excluding steroid dienone is 4. The van der Waals surface area contributed by atoms with Crippen molar-refractivity contribution >= 4 is 49.3 Å². The van der Waals surface area contributed by atoms with Crippen molar-refractivity contribution < 1.29 is 0 Å². The Hall–Kier alpha value is -6.11. The van der Waals surface area contributed by atoms with E-state index in [0.29, 0.717) is 5.56 Å². The first-order chi connectivity index (χ1) is 22.8. The van der Waals surface area contributed by atoms with Gasteiger partial charge in [0.25, 0.3) is 0 Å². The fourth-order valence-electron chi connectivity index (χ4n) is 7.27. The van der Waals surface area contributed by atoms with Crippen LogP contribution in [0.5, 0.6) is 0 Å². The second kappa shape index (κ2) is 10.5.